The number of aryl methyl sites for hydroxylation is 2. The number of hydrogen-bond donors (Lipinski definition) is 0. The molecule has 0 aromatic heterocycles. The summed E-state index contributed by atoms with van der Waals surface area (Å²) in [7, 11) is 0. The molecular formula is C54H90O5. The second-order valence-electron chi connectivity index (χ2n) is 17.7. The molecule has 0 heterocycles. The summed E-state index contributed by atoms with van der Waals surface area (Å²) in [6, 6.07) is 21.7. The molecule has 0 bridgehead atoms. The molecule has 0 saturated carbocycles. The number of carbonyl (C=O) groups excluding carboxylic acids is 2. The molecule has 0 fully saturated rings. The fourth-order valence-electron chi connectivity index (χ4n) is 8.12. The highest BCUT2D eigenvalue weighted by molar-refractivity contribution is 5.69. The summed E-state index contributed by atoms with van der Waals surface area (Å²) in [6.07, 6.45) is 41.8. The molecule has 0 aliphatic carbocycles. The van der Waals surface area contributed by atoms with Crippen LogP contribution in [0.5, 0.6) is 0 Å². The SMILES string of the molecule is CC(COCC(C)OC(=O)CCCCCCCCCCCCCCCCCc1ccccc1)OC(=O)CCCCCCCCCCCCCCCCCc1ccccc1. The van der Waals surface area contributed by atoms with Gasteiger partial charge >= 0.3 is 11.9 Å². The number of ether oxygens (including phenoxy) is 3. The molecule has 0 aliphatic rings. The van der Waals surface area contributed by atoms with E-state index in [-0.39, 0.29) is 24.1 Å². The van der Waals surface area contributed by atoms with Gasteiger partial charge < -0.3 is 14.2 Å². The van der Waals surface area contributed by atoms with Gasteiger partial charge in [0.25, 0.3) is 0 Å². The molecular weight excluding hydrogens is 729 g/mol. The van der Waals surface area contributed by atoms with Crippen molar-refractivity contribution in [3.63, 3.8) is 0 Å². The molecule has 2 atom stereocenters. The van der Waals surface area contributed by atoms with Crippen LogP contribution in [0.3, 0.4) is 0 Å². The largest absolute Gasteiger partial charge is 0.460 e. The lowest BCUT2D eigenvalue weighted by atomic mass is 10.0. The van der Waals surface area contributed by atoms with Crippen molar-refractivity contribution >= 4 is 11.9 Å². The zero-order valence-corrected chi connectivity index (χ0v) is 38.4. The van der Waals surface area contributed by atoms with E-state index in [1.54, 1.807) is 0 Å². The number of carbonyl (C=O) groups is 2. The molecule has 0 saturated heterocycles. The monoisotopic (exact) mass is 819 g/mol. The Balaban J connectivity index is 1.23. The van der Waals surface area contributed by atoms with Gasteiger partial charge in [-0.1, -0.05) is 228 Å². The number of hydrogen-bond acceptors (Lipinski definition) is 5. The summed E-state index contributed by atoms with van der Waals surface area (Å²) in [5, 5.41) is 0. The van der Waals surface area contributed by atoms with E-state index in [0.29, 0.717) is 26.1 Å². The van der Waals surface area contributed by atoms with E-state index >= 15 is 0 Å². The molecule has 0 amide bonds. The number of esters is 2. The van der Waals surface area contributed by atoms with Crippen LogP contribution in [-0.4, -0.2) is 37.4 Å². The van der Waals surface area contributed by atoms with E-state index in [9.17, 15) is 9.59 Å². The van der Waals surface area contributed by atoms with Crippen LogP contribution in [0.1, 0.15) is 230 Å². The molecule has 0 spiro atoms. The lowest BCUT2D eigenvalue weighted by molar-refractivity contribution is -0.154. The predicted molar refractivity (Wildman–Crippen MR) is 250 cm³/mol. The van der Waals surface area contributed by atoms with Crippen LogP contribution in [0.4, 0.5) is 0 Å². The first-order valence-electron chi connectivity index (χ1n) is 25.1. The third kappa shape index (κ3) is 34.7. The molecule has 0 aliphatic heterocycles. The molecule has 336 valence electrons. The van der Waals surface area contributed by atoms with Crippen LogP contribution in [0.15, 0.2) is 60.7 Å². The molecule has 2 aromatic rings. The van der Waals surface area contributed by atoms with Crippen LogP contribution in [0.2, 0.25) is 0 Å². The van der Waals surface area contributed by atoms with Gasteiger partial charge in [0.2, 0.25) is 0 Å². The van der Waals surface area contributed by atoms with Crippen LogP contribution in [0, 0.1) is 0 Å². The lowest BCUT2D eigenvalue weighted by Gasteiger charge is -2.17. The van der Waals surface area contributed by atoms with Crippen LogP contribution in [0.25, 0.3) is 0 Å². The Morgan fingerprint density at radius 2 is 0.593 bits per heavy atom. The molecule has 2 aromatic carbocycles. The third-order valence-electron chi connectivity index (χ3n) is 11.7. The van der Waals surface area contributed by atoms with Crippen molar-refractivity contribution in [1.29, 1.82) is 0 Å². The second kappa shape index (κ2) is 39.5. The van der Waals surface area contributed by atoms with E-state index in [1.807, 2.05) is 13.8 Å². The van der Waals surface area contributed by atoms with E-state index in [2.05, 4.69) is 60.7 Å². The Morgan fingerprint density at radius 1 is 0.356 bits per heavy atom. The highest BCUT2D eigenvalue weighted by atomic mass is 16.6. The summed E-state index contributed by atoms with van der Waals surface area (Å²) in [5.41, 5.74) is 2.95. The van der Waals surface area contributed by atoms with Crippen molar-refractivity contribution in [1.82, 2.24) is 0 Å². The fourth-order valence-corrected chi connectivity index (χ4v) is 8.12. The third-order valence-corrected chi connectivity index (χ3v) is 11.7. The van der Waals surface area contributed by atoms with Gasteiger partial charge in [-0.25, -0.2) is 0 Å². The van der Waals surface area contributed by atoms with Crippen molar-refractivity contribution in [2.24, 2.45) is 0 Å². The number of unbranched alkanes of at least 4 members (excludes halogenated alkanes) is 28. The average Bonchev–Trinajstić information content (AvgIpc) is 3.23. The zero-order chi connectivity index (χ0) is 42.1. The molecule has 59 heavy (non-hydrogen) atoms. The summed E-state index contributed by atoms with van der Waals surface area (Å²) in [4.78, 5) is 24.5. The molecule has 2 rings (SSSR count). The average molecular weight is 819 g/mol. The Labute approximate surface area is 363 Å². The summed E-state index contributed by atoms with van der Waals surface area (Å²) in [5.74, 6) is -0.287. The number of benzene rings is 2. The van der Waals surface area contributed by atoms with E-state index in [1.165, 1.54) is 191 Å². The summed E-state index contributed by atoms with van der Waals surface area (Å²) >= 11 is 0. The fraction of sp³-hybridized carbons (Fsp3) is 0.741. The van der Waals surface area contributed by atoms with Crippen LogP contribution in [-0.2, 0) is 36.6 Å². The van der Waals surface area contributed by atoms with E-state index in [4.69, 9.17) is 14.2 Å². The maximum atomic E-state index is 12.3. The highest BCUT2D eigenvalue weighted by Gasteiger charge is 2.13. The van der Waals surface area contributed by atoms with Crippen LogP contribution < -0.4 is 0 Å². The van der Waals surface area contributed by atoms with E-state index in [0.717, 1.165) is 25.7 Å². The minimum atomic E-state index is -0.300. The van der Waals surface area contributed by atoms with Gasteiger partial charge in [-0.2, -0.15) is 0 Å². The first-order chi connectivity index (χ1) is 29.0. The van der Waals surface area contributed by atoms with Gasteiger partial charge in [0.1, 0.15) is 12.2 Å². The molecule has 5 heteroatoms. The highest BCUT2D eigenvalue weighted by Crippen LogP contribution is 2.17. The van der Waals surface area contributed by atoms with Crippen molar-refractivity contribution in [3.05, 3.63) is 71.8 Å². The van der Waals surface area contributed by atoms with Gasteiger partial charge in [-0.15, -0.1) is 0 Å². The Morgan fingerprint density at radius 3 is 0.864 bits per heavy atom. The molecule has 2 unspecified atom stereocenters. The Bertz CT molecular complexity index is 1110. The zero-order valence-electron chi connectivity index (χ0n) is 38.4. The number of rotatable bonds is 42. The normalized spacial score (nSPS) is 12.4. The standard InChI is InChI=1S/C54H90O5/c1-49(58-53(55)45-37-27-23-19-15-11-7-3-5-9-13-17-21-25-31-39-51-41-33-29-34-42-51)47-57-48-50(2)59-54(56)46-38-28-24-20-16-12-8-4-6-10-14-18-22-26-32-40-52-43-35-30-36-44-52/h29-30,33-36,41-44,49-50H,3-28,31-32,37-40,45-48H2,1-2H3. The minimum Gasteiger partial charge on any atom is -0.460 e. The summed E-state index contributed by atoms with van der Waals surface area (Å²) in [6.45, 7) is 4.36. The maximum absolute atomic E-state index is 12.3. The van der Waals surface area contributed by atoms with Gasteiger partial charge in [-0.05, 0) is 63.5 Å². The van der Waals surface area contributed by atoms with Gasteiger partial charge in [-0.3, -0.25) is 9.59 Å². The van der Waals surface area contributed by atoms with Gasteiger partial charge in [0, 0.05) is 12.8 Å². The van der Waals surface area contributed by atoms with Crippen molar-refractivity contribution in [2.75, 3.05) is 13.2 Å². The lowest BCUT2D eigenvalue weighted by Crippen LogP contribution is -2.25. The maximum Gasteiger partial charge on any atom is 0.306 e. The topological polar surface area (TPSA) is 61.8 Å². The second-order valence-corrected chi connectivity index (χ2v) is 17.7. The first kappa shape index (κ1) is 52.5. The van der Waals surface area contributed by atoms with Crippen molar-refractivity contribution in [2.45, 2.75) is 244 Å². The first-order valence-corrected chi connectivity index (χ1v) is 25.1. The molecule has 5 nitrogen and oxygen atoms in total. The van der Waals surface area contributed by atoms with Crippen molar-refractivity contribution in [3.8, 4) is 0 Å². The van der Waals surface area contributed by atoms with Gasteiger partial charge in [0.15, 0.2) is 0 Å². The Kier molecular flexibility index (Phi) is 35.1. The predicted octanol–water partition coefficient (Wildman–Crippen LogP) is 15.8. The molecule has 0 N–H and O–H groups in total. The summed E-state index contributed by atoms with van der Waals surface area (Å²) < 4.78 is 16.8. The molecule has 0 radical (unpaired) electrons. The Hall–Kier alpha value is -2.66. The minimum absolute atomic E-state index is 0.144. The van der Waals surface area contributed by atoms with Crippen LogP contribution >= 0.6 is 0 Å². The van der Waals surface area contributed by atoms with Crippen molar-refractivity contribution < 1.29 is 23.8 Å². The van der Waals surface area contributed by atoms with Gasteiger partial charge in [0.05, 0.1) is 13.2 Å². The van der Waals surface area contributed by atoms with E-state index < -0.39 is 0 Å². The quantitative estimate of drug-likeness (QED) is 0.0493. The smallest absolute Gasteiger partial charge is 0.306 e.